The van der Waals surface area contributed by atoms with Crippen LogP contribution in [0.4, 0.5) is 5.69 Å². The molecule has 1 aliphatic heterocycles. The van der Waals surface area contributed by atoms with Gasteiger partial charge < -0.3 is 9.64 Å². The predicted octanol–water partition coefficient (Wildman–Crippen LogP) is 2.92. The smallest absolute Gasteiger partial charge is 0.279 e. The molecule has 0 saturated carbocycles. The highest BCUT2D eigenvalue weighted by molar-refractivity contribution is 5.92. The summed E-state index contributed by atoms with van der Waals surface area (Å²) in [5, 5.41) is 11.5. The van der Waals surface area contributed by atoms with E-state index in [1.54, 1.807) is 18.3 Å². The summed E-state index contributed by atoms with van der Waals surface area (Å²) in [6.45, 7) is 1.45. The highest BCUT2D eigenvalue weighted by Gasteiger charge is 2.19. The number of hydrogen-bond donors (Lipinski definition) is 0. The number of hydrogen-bond acceptors (Lipinski definition) is 5. The molecule has 0 bridgehead atoms. The van der Waals surface area contributed by atoms with Crippen LogP contribution in [-0.2, 0) is 4.79 Å². The van der Waals surface area contributed by atoms with Gasteiger partial charge in [0, 0.05) is 25.4 Å². The zero-order valence-electron chi connectivity index (χ0n) is 13.3. The van der Waals surface area contributed by atoms with E-state index in [1.807, 2.05) is 4.90 Å². The Labute approximate surface area is 139 Å². The maximum atomic E-state index is 12.3. The Hall–Kier alpha value is -2.70. The monoisotopic (exact) mass is 329 g/mol. The quantitative estimate of drug-likeness (QED) is 0.636. The van der Waals surface area contributed by atoms with Gasteiger partial charge >= 0.3 is 0 Å². The van der Waals surface area contributed by atoms with E-state index in [2.05, 4.69) is 4.98 Å². The van der Waals surface area contributed by atoms with Crippen molar-refractivity contribution in [1.29, 1.82) is 0 Å². The number of ether oxygens (including phenoxy) is 1. The van der Waals surface area contributed by atoms with Crippen molar-refractivity contribution in [2.24, 2.45) is 0 Å². The first-order valence-corrected chi connectivity index (χ1v) is 8.09. The van der Waals surface area contributed by atoms with Crippen LogP contribution in [0.2, 0.25) is 0 Å². The number of fused-ring (bicyclic) bond motifs is 1. The van der Waals surface area contributed by atoms with Crippen LogP contribution in [-0.4, -0.2) is 40.4 Å². The molecule has 1 amide bonds. The van der Waals surface area contributed by atoms with Gasteiger partial charge in [-0.3, -0.25) is 19.9 Å². The number of aromatic nitrogens is 1. The lowest BCUT2D eigenvalue weighted by molar-refractivity contribution is -0.383. The van der Waals surface area contributed by atoms with E-state index < -0.39 is 4.92 Å². The minimum atomic E-state index is -0.448. The van der Waals surface area contributed by atoms with Crippen LogP contribution in [0.15, 0.2) is 30.5 Å². The molecule has 7 heteroatoms. The topological polar surface area (TPSA) is 85.6 Å². The van der Waals surface area contributed by atoms with E-state index in [1.165, 1.54) is 12.1 Å². The molecule has 24 heavy (non-hydrogen) atoms. The standard InChI is InChI=1S/C17H19N3O4/c21-16(19-10-3-1-2-4-11-19)12-24-15-8-7-14(20(22)23)13-6-5-9-18-17(13)15/h5-9H,1-4,10-12H2. The second-order valence-electron chi connectivity index (χ2n) is 5.82. The van der Waals surface area contributed by atoms with Crippen molar-refractivity contribution in [3.05, 3.63) is 40.6 Å². The molecule has 1 aromatic carbocycles. The number of carbonyl (C=O) groups excluding carboxylic acids is 1. The number of amides is 1. The zero-order chi connectivity index (χ0) is 16.9. The van der Waals surface area contributed by atoms with Crippen molar-refractivity contribution < 1.29 is 14.5 Å². The van der Waals surface area contributed by atoms with Crippen LogP contribution in [0, 0.1) is 10.1 Å². The predicted molar refractivity (Wildman–Crippen MR) is 88.9 cm³/mol. The van der Waals surface area contributed by atoms with E-state index in [9.17, 15) is 14.9 Å². The molecule has 1 fully saturated rings. The Morgan fingerprint density at radius 2 is 1.96 bits per heavy atom. The summed E-state index contributed by atoms with van der Waals surface area (Å²) in [6.07, 6.45) is 5.90. The first-order valence-electron chi connectivity index (χ1n) is 8.09. The lowest BCUT2D eigenvalue weighted by Gasteiger charge is -2.20. The molecule has 0 aliphatic carbocycles. The van der Waals surface area contributed by atoms with Gasteiger partial charge in [-0.1, -0.05) is 12.8 Å². The Kier molecular flexibility index (Phi) is 4.88. The molecule has 1 saturated heterocycles. The maximum absolute atomic E-state index is 12.3. The van der Waals surface area contributed by atoms with Crippen LogP contribution in [0.3, 0.4) is 0 Å². The lowest BCUT2D eigenvalue weighted by Crippen LogP contribution is -2.35. The fourth-order valence-electron chi connectivity index (χ4n) is 2.96. The SMILES string of the molecule is O=C(COc1ccc([N+](=O)[O-])c2cccnc12)N1CCCCCC1. The van der Waals surface area contributed by atoms with E-state index in [4.69, 9.17) is 4.74 Å². The third-order valence-corrected chi connectivity index (χ3v) is 4.22. The third kappa shape index (κ3) is 3.45. The maximum Gasteiger partial charge on any atom is 0.279 e. The van der Waals surface area contributed by atoms with Crippen molar-refractivity contribution in [2.45, 2.75) is 25.7 Å². The molecular weight excluding hydrogens is 310 g/mol. The highest BCUT2D eigenvalue weighted by Crippen LogP contribution is 2.31. The van der Waals surface area contributed by atoms with Crippen molar-refractivity contribution in [1.82, 2.24) is 9.88 Å². The summed E-state index contributed by atoms with van der Waals surface area (Å²) in [4.78, 5) is 29.0. The second-order valence-corrected chi connectivity index (χ2v) is 5.82. The average Bonchev–Trinajstić information content (AvgIpc) is 2.88. The summed E-state index contributed by atoms with van der Waals surface area (Å²) in [5.74, 6) is 0.332. The molecule has 0 radical (unpaired) electrons. The highest BCUT2D eigenvalue weighted by atomic mass is 16.6. The van der Waals surface area contributed by atoms with Crippen molar-refractivity contribution >= 4 is 22.5 Å². The second kappa shape index (κ2) is 7.25. The van der Waals surface area contributed by atoms with E-state index in [-0.39, 0.29) is 18.2 Å². The first kappa shape index (κ1) is 16.2. The number of carbonyl (C=O) groups is 1. The molecule has 1 aliphatic rings. The average molecular weight is 329 g/mol. The normalized spacial score (nSPS) is 15.1. The molecule has 0 N–H and O–H groups in total. The Morgan fingerprint density at radius 3 is 2.67 bits per heavy atom. The Bertz CT molecular complexity index is 755. The van der Waals surface area contributed by atoms with Crippen molar-refractivity contribution in [3.63, 3.8) is 0 Å². The van der Waals surface area contributed by atoms with Crippen LogP contribution in [0.5, 0.6) is 5.75 Å². The van der Waals surface area contributed by atoms with Gasteiger partial charge in [0.15, 0.2) is 6.61 Å². The number of likely N-dealkylation sites (tertiary alicyclic amines) is 1. The largest absolute Gasteiger partial charge is 0.481 e. The molecule has 2 heterocycles. The van der Waals surface area contributed by atoms with Gasteiger partial charge in [-0.15, -0.1) is 0 Å². The van der Waals surface area contributed by atoms with E-state index in [0.717, 1.165) is 38.8 Å². The summed E-state index contributed by atoms with van der Waals surface area (Å²) in [6, 6.07) is 6.16. The van der Waals surface area contributed by atoms with Gasteiger partial charge in [0.2, 0.25) is 0 Å². The summed E-state index contributed by atoms with van der Waals surface area (Å²) >= 11 is 0. The van der Waals surface area contributed by atoms with Crippen molar-refractivity contribution in [2.75, 3.05) is 19.7 Å². The molecule has 0 unspecified atom stereocenters. The van der Waals surface area contributed by atoms with E-state index >= 15 is 0 Å². The number of benzene rings is 1. The lowest BCUT2D eigenvalue weighted by atomic mass is 10.1. The van der Waals surface area contributed by atoms with Gasteiger partial charge in [0.05, 0.1) is 10.3 Å². The number of nitro groups is 1. The van der Waals surface area contributed by atoms with Gasteiger partial charge in [0.25, 0.3) is 11.6 Å². The fraction of sp³-hybridized carbons (Fsp3) is 0.412. The van der Waals surface area contributed by atoms with E-state index in [0.29, 0.717) is 16.7 Å². The molecule has 7 nitrogen and oxygen atoms in total. The number of rotatable bonds is 4. The molecule has 1 aromatic heterocycles. The molecule has 3 rings (SSSR count). The van der Waals surface area contributed by atoms with Gasteiger partial charge in [-0.2, -0.15) is 0 Å². The summed E-state index contributed by atoms with van der Waals surface area (Å²) < 4.78 is 5.63. The summed E-state index contributed by atoms with van der Waals surface area (Å²) in [5.41, 5.74) is 0.375. The number of non-ortho nitro benzene ring substituents is 1. The molecule has 0 atom stereocenters. The number of nitro benzene ring substituents is 1. The molecule has 126 valence electrons. The van der Waals surface area contributed by atoms with Gasteiger partial charge in [-0.05, 0) is 31.0 Å². The fourth-order valence-corrected chi connectivity index (χ4v) is 2.96. The molecule has 2 aromatic rings. The molecule has 0 spiro atoms. The number of nitrogens with zero attached hydrogens (tertiary/aromatic N) is 3. The zero-order valence-corrected chi connectivity index (χ0v) is 13.3. The Balaban J connectivity index is 1.77. The summed E-state index contributed by atoms with van der Waals surface area (Å²) in [7, 11) is 0. The van der Waals surface area contributed by atoms with Gasteiger partial charge in [0.1, 0.15) is 11.3 Å². The third-order valence-electron chi connectivity index (χ3n) is 4.22. The molecular formula is C17H19N3O4. The first-order chi connectivity index (χ1) is 11.7. The van der Waals surface area contributed by atoms with Crippen LogP contribution in [0.25, 0.3) is 10.9 Å². The Morgan fingerprint density at radius 1 is 1.21 bits per heavy atom. The minimum absolute atomic E-state index is 0.0238. The van der Waals surface area contributed by atoms with Gasteiger partial charge in [-0.25, -0.2) is 0 Å². The van der Waals surface area contributed by atoms with Crippen molar-refractivity contribution in [3.8, 4) is 5.75 Å². The van der Waals surface area contributed by atoms with Crippen LogP contribution in [0.1, 0.15) is 25.7 Å². The van der Waals surface area contributed by atoms with Crippen LogP contribution < -0.4 is 4.74 Å². The van der Waals surface area contributed by atoms with Crippen LogP contribution >= 0.6 is 0 Å². The minimum Gasteiger partial charge on any atom is -0.481 e. The number of pyridine rings is 1.